The predicted octanol–water partition coefficient (Wildman–Crippen LogP) is 0.475. The van der Waals surface area contributed by atoms with Crippen LogP contribution in [0.2, 0.25) is 0 Å². The van der Waals surface area contributed by atoms with E-state index >= 15 is 0 Å². The third-order valence-corrected chi connectivity index (χ3v) is 3.74. The topological polar surface area (TPSA) is 84.2 Å². The second-order valence-corrected chi connectivity index (χ2v) is 5.13. The van der Waals surface area contributed by atoms with Crippen LogP contribution in [0.3, 0.4) is 0 Å². The van der Waals surface area contributed by atoms with Gasteiger partial charge >= 0.3 is 0 Å². The Bertz CT molecular complexity index is 338. The van der Waals surface area contributed by atoms with Gasteiger partial charge in [-0.2, -0.15) is 0 Å². The summed E-state index contributed by atoms with van der Waals surface area (Å²) in [5.74, 6) is -0.388. The van der Waals surface area contributed by atoms with Crippen LogP contribution in [0.25, 0.3) is 0 Å². The lowest BCUT2D eigenvalue weighted by Crippen LogP contribution is -2.49. The molecule has 1 saturated carbocycles. The molecule has 1 aliphatic rings. The molecule has 0 saturated heterocycles. The predicted molar refractivity (Wildman–Crippen MR) is 74.0 cm³/mol. The van der Waals surface area contributed by atoms with Crippen LogP contribution >= 0.6 is 12.2 Å². The Labute approximate surface area is 113 Å². The molecule has 1 rings (SSSR count). The van der Waals surface area contributed by atoms with Crippen molar-refractivity contribution >= 4 is 29.0 Å². The number of nitrogens with two attached hydrogens (primary N) is 1. The zero-order chi connectivity index (χ0) is 13.6. The standard InChI is InChI=1S/C12H21N3O2S/c1-2-7-14-9(16)8-15-11(17)12(10(13)18)5-3-4-6-12/h2-8H2,1H3,(H2,13,18)(H,14,16)(H,15,17). The molecule has 6 heteroatoms. The fraction of sp³-hybridized carbons (Fsp3) is 0.750. The van der Waals surface area contributed by atoms with Gasteiger partial charge in [0.15, 0.2) is 0 Å². The van der Waals surface area contributed by atoms with E-state index in [9.17, 15) is 9.59 Å². The van der Waals surface area contributed by atoms with Crippen molar-refractivity contribution in [3.05, 3.63) is 0 Å². The minimum absolute atomic E-state index is 0.0107. The summed E-state index contributed by atoms with van der Waals surface area (Å²) in [6, 6.07) is 0. The van der Waals surface area contributed by atoms with Gasteiger partial charge in [0.1, 0.15) is 0 Å². The molecule has 102 valence electrons. The first-order chi connectivity index (χ1) is 8.53. The number of amides is 2. The summed E-state index contributed by atoms with van der Waals surface area (Å²) in [5.41, 5.74) is 4.95. The Morgan fingerprint density at radius 2 is 1.89 bits per heavy atom. The third-order valence-electron chi connectivity index (χ3n) is 3.35. The van der Waals surface area contributed by atoms with E-state index in [2.05, 4.69) is 10.6 Å². The van der Waals surface area contributed by atoms with Crippen molar-refractivity contribution in [1.82, 2.24) is 10.6 Å². The maximum absolute atomic E-state index is 12.1. The van der Waals surface area contributed by atoms with Crippen molar-refractivity contribution in [2.75, 3.05) is 13.1 Å². The van der Waals surface area contributed by atoms with Crippen molar-refractivity contribution < 1.29 is 9.59 Å². The Kier molecular flexibility index (Phi) is 5.53. The number of carbonyl (C=O) groups excluding carboxylic acids is 2. The smallest absolute Gasteiger partial charge is 0.239 e. The number of thiocarbonyl (C=S) groups is 1. The lowest BCUT2D eigenvalue weighted by molar-refractivity contribution is -0.130. The summed E-state index contributed by atoms with van der Waals surface area (Å²) in [6.45, 7) is 2.58. The van der Waals surface area contributed by atoms with Crippen LogP contribution < -0.4 is 16.4 Å². The summed E-state index contributed by atoms with van der Waals surface area (Å²) < 4.78 is 0. The van der Waals surface area contributed by atoms with Crippen LogP contribution in [0.1, 0.15) is 39.0 Å². The molecule has 0 radical (unpaired) electrons. The summed E-state index contributed by atoms with van der Waals surface area (Å²) >= 11 is 5.01. The molecule has 0 aliphatic heterocycles. The second kappa shape index (κ2) is 6.68. The Hall–Kier alpha value is -1.17. The van der Waals surface area contributed by atoms with E-state index in [4.69, 9.17) is 18.0 Å². The summed E-state index contributed by atoms with van der Waals surface area (Å²) in [6.07, 6.45) is 4.14. The fourth-order valence-electron chi connectivity index (χ4n) is 2.22. The van der Waals surface area contributed by atoms with Gasteiger partial charge < -0.3 is 16.4 Å². The van der Waals surface area contributed by atoms with E-state index in [0.29, 0.717) is 19.4 Å². The third kappa shape index (κ3) is 3.41. The van der Waals surface area contributed by atoms with Crippen LogP contribution in [0.15, 0.2) is 0 Å². The summed E-state index contributed by atoms with van der Waals surface area (Å²) in [7, 11) is 0. The molecule has 1 aliphatic carbocycles. The van der Waals surface area contributed by atoms with Crippen molar-refractivity contribution in [3.63, 3.8) is 0 Å². The lowest BCUT2D eigenvalue weighted by Gasteiger charge is -2.26. The first-order valence-electron chi connectivity index (χ1n) is 6.38. The molecular formula is C12H21N3O2S. The van der Waals surface area contributed by atoms with Gasteiger partial charge in [-0.25, -0.2) is 0 Å². The van der Waals surface area contributed by atoms with E-state index < -0.39 is 5.41 Å². The maximum atomic E-state index is 12.1. The summed E-state index contributed by atoms with van der Waals surface area (Å²) in [5, 5.41) is 5.34. The second-order valence-electron chi connectivity index (χ2n) is 4.69. The van der Waals surface area contributed by atoms with Crippen LogP contribution in [0.5, 0.6) is 0 Å². The summed E-state index contributed by atoms with van der Waals surface area (Å²) in [4.78, 5) is 23.8. The van der Waals surface area contributed by atoms with E-state index in [0.717, 1.165) is 19.3 Å². The molecule has 0 aromatic heterocycles. The van der Waals surface area contributed by atoms with Gasteiger partial charge in [0.2, 0.25) is 11.8 Å². The van der Waals surface area contributed by atoms with Crippen LogP contribution in [-0.4, -0.2) is 29.9 Å². The molecule has 4 N–H and O–H groups in total. The largest absolute Gasteiger partial charge is 0.392 e. The average molecular weight is 271 g/mol. The molecule has 2 amide bonds. The van der Waals surface area contributed by atoms with Crippen LogP contribution in [-0.2, 0) is 9.59 Å². The number of hydrogen-bond donors (Lipinski definition) is 3. The first kappa shape index (κ1) is 14.9. The molecule has 0 unspecified atom stereocenters. The van der Waals surface area contributed by atoms with Gasteiger partial charge in [0.25, 0.3) is 0 Å². The van der Waals surface area contributed by atoms with Gasteiger partial charge in [-0.1, -0.05) is 32.0 Å². The van der Waals surface area contributed by atoms with E-state index in [1.165, 1.54) is 0 Å². The molecule has 0 bridgehead atoms. The van der Waals surface area contributed by atoms with Crippen molar-refractivity contribution in [2.45, 2.75) is 39.0 Å². The molecule has 0 aromatic rings. The minimum atomic E-state index is -0.736. The number of nitrogens with one attached hydrogen (secondary N) is 2. The monoisotopic (exact) mass is 271 g/mol. The lowest BCUT2D eigenvalue weighted by atomic mass is 9.85. The molecule has 0 aromatic carbocycles. The highest BCUT2D eigenvalue weighted by molar-refractivity contribution is 7.80. The highest BCUT2D eigenvalue weighted by Gasteiger charge is 2.43. The van der Waals surface area contributed by atoms with Gasteiger partial charge in [-0.05, 0) is 19.3 Å². The quantitative estimate of drug-likeness (QED) is 0.613. The van der Waals surface area contributed by atoms with E-state index in [-0.39, 0.29) is 23.3 Å². The van der Waals surface area contributed by atoms with Gasteiger partial charge in [0, 0.05) is 6.54 Å². The number of rotatable bonds is 6. The fourth-order valence-corrected chi connectivity index (χ4v) is 2.52. The Morgan fingerprint density at radius 3 is 2.39 bits per heavy atom. The van der Waals surface area contributed by atoms with Gasteiger partial charge in [0.05, 0.1) is 16.9 Å². The maximum Gasteiger partial charge on any atom is 0.239 e. The van der Waals surface area contributed by atoms with E-state index in [1.807, 2.05) is 6.92 Å². The highest BCUT2D eigenvalue weighted by Crippen LogP contribution is 2.38. The Morgan fingerprint density at radius 1 is 1.28 bits per heavy atom. The van der Waals surface area contributed by atoms with Crippen molar-refractivity contribution in [3.8, 4) is 0 Å². The normalized spacial score (nSPS) is 17.2. The molecule has 1 fully saturated rings. The number of hydrogen-bond acceptors (Lipinski definition) is 3. The average Bonchev–Trinajstić information content (AvgIpc) is 2.83. The molecule has 5 nitrogen and oxygen atoms in total. The zero-order valence-corrected chi connectivity index (χ0v) is 11.6. The molecule has 18 heavy (non-hydrogen) atoms. The van der Waals surface area contributed by atoms with Crippen molar-refractivity contribution in [2.24, 2.45) is 11.1 Å². The number of carbonyl (C=O) groups is 2. The SMILES string of the molecule is CCCNC(=O)CNC(=O)C1(C(N)=S)CCCC1. The van der Waals surface area contributed by atoms with Crippen LogP contribution in [0, 0.1) is 5.41 Å². The molecule has 0 spiro atoms. The van der Waals surface area contributed by atoms with Crippen molar-refractivity contribution in [1.29, 1.82) is 0 Å². The van der Waals surface area contributed by atoms with E-state index in [1.54, 1.807) is 0 Å². The zero-order valence-electron chi connectivity index (χ0n) is 10.8. The van der Waals surface area contributed by atoms with Gasteiger partial charge in [-0.15, -0.1) is 0 Å². The first-order valence-corrected chi connectivity index (χ1v) is 6.78. The highest BCUT2D eigenvalue weighted by atomic mass is 32.1. The Balaban J connectivity index is 2.48. The van der Waals surface area contributed by atoms with Gasteiger partial charge in [-0.3, -0.25) is 9.59 Å². The minimum Gasteiger partial charge on any atom is -0.392 e. The van der Waals surface area contributed by atoms with Crippen LogP contribution in [0.4, 0.5) is 0 Å². The molecule has 0 heterocycles. The molecule has 0 atom stereocenters. The molecular weight excluding hydrogens is 250 g/mol.